The Morgan fingerprint density at radius 1 is 1.33 bits per heavy atom. The molecule has 0 aliphatic rings. The fraction of sp³-hybridized carbons (Fsp3) is 0.385. The lowest BCUT2D eigenvalue weighted by molar-refractivity contribution is 0.521. The average Bonchev–Trinajstić information content (AvgIpc) is 2.29. The molecule has 0 saturated heterocycles. The molecular weight excluding hydrogens is 248 g/mol. The van der Waals surface area contributed by atoms with Crippen LogP contribution in [0.5, 0.6) is 0 Å². The van der Waals surface area contributed by atoms with Gasteiger partial charge in [0, 0.05) is 25.8 Å². The summed E-state index contributed by atoms with van der Waals surface area (Å²) in [7, 11) is -0.300. The van der Waals surface area contributed by atoms with Crippen LogP contribution in [0, 0.1) is 0 Å². The topological polar surface area (TPSA) is 49.4 Å². The summed E-state index contributed by atoms with van der Waals surface area (Å²) in [6.07, 6.45) is 2.71. The molecule has 0 aliphatic heterocycles. The summed E-state index contributed by atoms with van der Waals surface area (Å²) < 4.78 is 24.9. The second kappa shape index (κ2) is 6.02. The van der Waals surface area contributed by atoms with Gasteiger partial charge in [-0.25, -0.2) is 12.7 Å². The molecule has 4 nitrogen and oxygen atoms in total. The largest absolute Gasteiger partial charge is 0.382 e. The van der Waals surface area contributed by atoms with Crippen LogP contribution in [0.1, 0.15) is 13.3 Å². The van der Waals surface area contributed by atoms with E-state index in [1.54, 1.807) is 24.3 Å². The SMILES string of the molecule is C=CCC(C)Nc1ccc(S(=O)(=O)N(C)C)cc1. The van der Waals surface area contributed by atoms with E-state index in [2.05, 4.69) is 11.9 Å². The fourth-order valence-corrected chi connectivity index (χ4v) is 2.43. The number of hydrogen-bond donors (Lipinski definition) is 1. The average molecular weight is 268 g/mol. The third-order valence-corrected chi connectivity index (χ3v) is 4.40. The summed E-state index contributed by atoms with van der Waals surface area (Å²) >= 11 is 0. The van der Waals surface area contributed by atoms with E-state index in [0.29, 0.717) is 4.90 Å². The third-order valence-electron chi connectivity index (χ3n) is 2.57. The zero-order valence-corrected chi connectivity index (χ0v) is 11.9. The molecule has 1 aromatic carbocycles. The quantitative estimate of drug-likeness (QED) is 0.805. The van der Waals surface area contributed by atoms with Gasteiger partial charge >= 0.3 is 0 Å². The number of nitrogens with one attached hydrogen (secondary N) is 1. The molecule has 0 bridgehead atoms. The Bertz CT molecular complexity index is 492. The van der Waals surface area contributed by atoms with Crippen molar-refractivity contribution >= 4 is 15.7 Å². The molecule has 100 valence electrons. The fourth-order valence-electron chi connectivity index (χ4n) is 1.53. The minimum Gasteiger partial charge on any atom is -0.382 e. The number of benzene rings is 1. The first-order valence-corrected chi connectivity index (χ1v) is 7.22. The maximum absolute atomic E-state index is 11.9. The van der Waals surface area contributed by atoms with E-state index in [9.17, 15) is 8.42 Å². The number of nitrogens with zero attached hydrogens (tertiary/aromatic N) is 1. The van der Waals surface area contributed by atoms with Crippen LogP contribution >= 0.6 is 0 Å². The molecule has 0 spiro atoms. The molecule has 5 heteroatoms. The van der Waals surface area contributed by atoms with E-state index < -0.39 is 10.0 Å². The van der Waals surface area contributed by atoms with Gasteiger partial charge in [-0.1, -0.05) is 6.08 Å². The second-order valence-electron chi connectivity index (χ2n) is 4.38. The molecule has 18 heavy (non-hydrogen) atoms. The van der Waals surface area contributed by atoms with E-state index in [1.165, 1.54) is 18.4 Å². The maximum atomic E-state index is 11.9. The van der Waals surface area contributed by atoms with Crippen molar-refractivity contribution in [2.45, 2.75) is 24.3 Å². The third kappa shape index (κ3) is 3.58. The van der Waals surface area contributed by atoms with Crippen molar-refractivity contribution in [2.75, 3.05) is 19.4 Å². The first-order valence-electron chi connectivity index (χ1n) is 5.78. The van der Waals surface area contributed by atoms with E-state index in [0.717, 1.165) is 12.1 Å². The minimum atomic E-state index is -3.34. The van der Waals surface area contributed by atoms with Crippen LogP contribution in [-0.4, -0.2) is 32.9 Å². The van der Waals surface area contributed by atoms with Gasteiger partial charge in [0.15, 0.2) is 0 Å². The highest BCUT2D eigenvalue weighted by molar-refractivity contribution is 7.89. The molecule has 0 radical (unpaired) electrons. The number of rotatable bonds is 6. The van der Waals surface area contributed by atoms with Crippen molar-refractivity contribution < 1.29 is 8.42 Å². The van der Waals surface area contributed by atoms with Crippen LogP contribution in [-0.2, 0) is 10.0 Å². The highest BCUT2D eigenvalue weighted by Crippen LogP contribution is 2.17. The summed E-state index contributed by atoms with van der Waals surface area (Å²) in [6.45, 7) is 5.73. The van der Waals surface area contributed by atoms with E-state index in [4.69, 9.17) is 0 Å². The summed E-state index contributed by atoms with van der Waals surface area (Å²) in [5, 5.41) is 3.27. The maximum Gasteiger partial charge on any atom is 0.242 e. The number of hydrogen-bond acceptors (Lipinski definition) is 3. The number of anilines is 1. The van der Waals surface area contributed by atoms with Crippen LogP contribution in [0.4, 0.5) is 5.69 Å². The van der Waals surface area contributed by atoms with E-state index >= 15 is 0 Å². The second-order valence-corrected chi connectivity index (χ2v) is 6.53. The Hall–Kier alpha value is -1.33. The zero-order valence-electron chi connectivity index (χ0n) is 11.1. The van der Waals surface area contributed by atoms with Gasteiger partial charge in [0.1, 0.15) is 0 Å². The first-order chi connectivity index (χ1) is 8.37. The first kappa shape index (κ1) is 14.7. The Morgan fingerprint density at radius 2 is 1.89 bits per heavy atom. The van der Waals surface area contributed by atoms with Gasteiger partial charge in [0.05, 0.1) is 4.90 Å². The van der Waals surface area contributed by atoms with E-state index in [1.807, 2.05) is 13.0 Å². The highest BCUT2D eigenvalue weighted by Gasteiger charge is 2.16. The Balaban J connectivity index is 2.84. The Morgan fingerprint density at radius 3 is 2.33 bits per heavy atom. The minimum absolute atomic E-state index is 0.277. The van der Waals surface area contributed by atoms with E-state index in [-0.39, 0.29) is 6.04 Å². The monoisotopic (exact) mass is 268 g/mol. The van der Waals surface area contributed by atoms with Gasteiger partial charge in [0.25, 0.3) is 0 Å². The van der Waals surface area contributed by atoms with Crippen molar-refractivity contribution in [3.05, 3.63) is 36.9 Å². The smallest absolute Gasteiger partial charge is 0.242 e. The molecule has 0 aliphatic carbocycles. The lowest BCUT2D eigenvalue weighted by Crippen LogP contribution is -2.22. The van der Waals surface area contributed by atoms with Crippen LogP contribution in [0.3, 0.4) is 0 Å². The molecule has 0 fully saturated rings. The van der Waals surface area contributed by atoms with Crippen molar-refractivity contribution in [1.82, 2.24) is 4.31 Å². The van der Waals surface area contributed by atoms with Crippen LogP contribution in [0.25, 0.3) is 0 Å². The number of sulfonamides is 1. The van der Waals surface area contributed by atoms with Gasteiger partial charge in [0.2, 0.25) is 10.0 Å². The molecule has 0 heterocycles. The molecule has 1 unspecified atom stereocenters. The molecule has 1 atom stereocenters. The lowest BCUT2D eigenvalue weighted by Gasteiger charge is -2.15. The van der Waals surface area contributed by atoms with Gasteiger partial charge in [-0.15, -0.1) is 6.58 Å². The van der Waals surface area contributed by atoms with Crippen LogP contribution < -0.4 is 5.32 Å². The highest BCUT2D eigenvalue weighted by atomic mass is 32.2. The Kier molecular flexibility index (Phi) is 4.93. The molecular formula is C13H20N2O2S. The van der Waals surface area contributed by atoms with Gasteiger partial charge in [-0.05, 0) is 37.6 Å². The van der Waals surface area contributed by atoms with Crippen molar-refractivity contribution in [3.8, 4) is 0 Å². The van der Waals surface area contributed by atoms with Crippen molar-refractivity contribution in [2.24, 2.45) is 0 Å². The molecule has 1 N–H and O–H groups in total. The van der Waals surface area contributed by atoms with Gasteiger partial charge in [-0.3, -0.25) is 0 Å². The lowest BCUT2D eigenvalue weighted by atomic mass is 10.2. The molecule has 0 amide bonds. The Labute approximate surface area is 109 Å². The van der Waals surface area contributed by atoms with Crippen molar-refractivity contribution in [1.29, 1.82) is 0 Å². The summed E-state index contributed by atoms with van der Waals surface area (Å²) in [4.78, 5) is 0.300. The normalized spacial score (nSPS) is 13.3. The standard InChI is InChI=1S/C13H20N2O2S/c1-5-6-11(2)14-12-7-9-13(10-8-12)18(16,17)15(3)4/h5,7-11,14H,1,6H2,2-4H3. The zero-order chi connectivity index (χ0) is 13.8. The molecule has 1 aromatic rings. The predicted molar refractivity (Wildman–Crippen MR) is 75.2 cm³/mol. The van der Waals surface area contributed by atoms with Crippen LogP contribution in [0.2, 0.25) is 0 Å². The van der Waals surface area contributed by atoms with Gasteiger partial charge in [-0.2, -0.15) is 0 Å². The van der Waals surface area contributed by atoms with Crippen LogP contribution in [0.15, 0.2) is 41.8 Å². The predicted octanol–water partition coefficient (Wildman–Crippen LogP) is 2.31. The molecule has 0 aromatic heterocycles. The molecule has 0 saturated carbocycles. The molecule has 1 rings (SSSR count). The summed E-state index contributed by atoms with van der Waals surface area (Å²) in [6, 6.07) is 7.04. The van der Waals surface area contributed by atoms with Crippen molar-refractivity contribution in [3.63, 3.8) is 0 Å². The summed E-state index contributed by atoms with van der Waals surface area (Å²) in [5.41, 5.74) is 0.905. The summed E-state index contributed by atoms with van der Waals surface area (Å²) in [5.74, 6) is 0. The van der Waals surface area contributed by atoms with Gasteiger partial charge < -0.3 is 5.32 Å².